The highest BCUT2D eigenvalue weighted by molar-refractivity contribution is 6.42. The molecule has 0 atom stereocenters. The van der Waals surface area contributed by atoms with Crippen molar-refractivity contribution in [2.45, 2.75) is 6.18 Å². The van der Waals surface area contributed by atoms with Crippen LogP contribution in [0.15, 0.2) is 54.6 Å². The molecule has 0 saturated carbocycles. The first kappa shape index (κ1) is 23.4. The molecular weight excluding hydrogens is 472 g/mol. The van der Waals surface area contributed by atoms with Crippen molar-refractivity contribution in [1.29, 1.82) is 0 Å². The van der Waals surface area contributed by atoms with Gasteiger partial charge in [0.15, 0.2) is 0 Å². The van der Waals surface area contributed by atoms with Gasteiger partial charge in [0.1, 0.15) is 17.9 Å². The molecule has 11 heteroatoms. The van der Waals surface area contributed by atoms with Gasteiger partial charge in [-0.05, 0) is 42.0 Å². The Kier molecular flexibility index (Phi) is 6.61. The number of amides is 4. The Morgan fingerprint density at radius 1 is 1.06 bits per heavy atom. The Bertz CT molecular complexity index is 1160. The van der Waals surface area contributed by atoms with Crippen LogP contribution in [0.2, 0.25) is 10.0 Å². The molecule has 0 bridgehead atoms. The average molecular weight is 485 g/mol. The number of carbonyl (C=O) groups excluding carboxylic acids is 3. The molecule has 0 spiro atoms. The maximum Gasteiger partial charge on any atom is 0.416 e. The smallest absolute Gasteiger partial charge is 0.416 e. The number of benzene rings is 2. The number of hydrogen-bond donors (Lipinski definition) is 1. The zero-order chi connectivity index (χ0) is 23.6. The lowest BCUT2D eigenvalue weighted by Gasteiger charge is -2.27. The van der Waals surface area contributed by atoms with Crippen LogP contribution in [-0.2, 0) is 15.8 Å². The molecule has 1 aliphatic heterocycles. The number of carbonyl (C=O) groups is 3. The van der Waals surface area contributed by atoms with Gasteiger partial charge in [-0.25, -0.2) is 9.69 Å². The number of alkyl halides is 3. The summed E-state index contributed by atoms with van der Waals surface area (Å²) in [6, 6.07) is 5.33. The van der Waals surface area contributed by atoms with Gasteiger partial charge in [-0.1, -0.05) is 41.9 Å². The second-order valence-electron chi connectivity index (χ2n) is 6.41. The fraction of sp³-hybridized carbons (Fsp3) is 0.0952. The molecule has 1 saturated heterocycles. The number of urea groups is 1. The van der Waals surface area contributed by atoms with Crippen molar-refractivity contribution in [3.63, 3.8) is 0 Å². The Morgan fingerprint density at radius 3 is 2.41 bits per heavy atom. The van der Waals surface area contributed by atoms with Crippen LogP contribution in [0.4, 0.5) is 23.7 Å². The molecule has 0 radical (unpaired) electrons. The second-order valence-corrected chi connectivity index (χ2v) is 7.23. The van der Waals surface area contributed by atoms with Crippen LogP contribution in [0.5, 0.6) is 5.75 Å². The zero-order valence-corrected chi connectivity index (χ0v) is 17.5. The molecular formula is C21H13Cl2F3N2O4. The highest BCUT2D eigenvalue weighted by Crippen LogP contribution is 2.36. The van der Waals surface area contributed by atoms with E-state index < -0.39 is 40.8 Å². The molecule has 166 valence electrons. The number of anilines is 1. The zero-order valence-electron chi connectivity index (χ0n) is 16.0. The molecule has 0 aromatic heterocycles. The van der Waals surface area contributed by atoms with E-state index in [2.05, 4.69) is 6.58 Å². The molecule has 1 aliphatic rings. The monoisotopic (exact) mass is 484 g/mol. The van der Waals surface area contributed by atoms with Crippen molar-refractivity contribution in [1.82, 2.24) is 5.32 Å². The number of hydrogen-bond acceptors (Lipinski definition) is 4. The van der Waals surface area contributed by atoms with Gasteiger partial charge in [0.2, 0.25) is 0 Å². The minimum atomic E-state index is -4.74. The average Bonchev–Trinajstić information content (AvgIpc) is 2.71. The summed E-state index contributed by atoms with van der Waals surface area (Å²) in [5.74, 6) is -1.84. The van der Waals surface area contributed by atoms with Gasteiger partial charge < -0.3 is 4.74 Å². The maximum absolute atomic E-state index is 13.1. The number of nitrogens with one attached hydrogen (secondary N) is 1. The fourth-order valence-electron chi connectivity index (χ4n) is 2.78. The molecule has 1 heterocycles. The summed E-state index contributed by atoms with van der Waals surface area (Å²) >= 11 is 12.1. The third-order valence-electron chi connectivity index (χ3n) is 4.24. The van der Waals surface area contributed by atoms with Crippen LogP contribution in [0, 0.1) is 0 Å². The Hall–Kier alpha value is -3.30. The number of halogens is 5. The minimum absolute atomic E-state index is 0.179. The molecule has 6 nitrogen and oxygen atoms in total. The summed E-state index contributed by atoms with van der Waals surface area (Å²) in [6.45, 7) is 3.72. The molecule has 1 fully saturated rings. The van der Waals surface area contributed by atoms with Crippen molar-refractivity contribution in [2.24, 2.45) is 0 Å². The van der Waals surface area contributed by atoms with Crippen molar-refractivity contribution in [3.8, 4) is 5.75 Å². The molecule has 2 aromatic carbocycles. The summed E-state index contributed by atoms with van der Waals surface area (Å²) in [6.07, 6.45) is -2.08. The number of imide groups is 2. The van der Waals surface area contributed by atoms with Gasteiger partial charge in [0.25, 0.3) is 11.8 Å². The fourth-order valence-corrected chi connectivity index (χ4v) is 3.22. The Labute approximate surface area is 189 Å². The van der Waals surface area contributed by atoms with Crippen LogP contribution < -0.4 is 15.0 Å². The van der Waals surface area contributed by atoms with E-state index in [0.717, 1.165) is 12.1 Å². The Balaban J connectivity index is 2.01. The summed E-state index contributed by atoms with van der Waals surface area (Å²) in [4.78, 5) is 37.9. The highest BCUT2D eigenvalue weighted by atomic mass is 35.5. The van der Waals surface area contributed by atoms with E-state index in [9.17, 15) is 27.6 Å². The van der Waals surface area contributed by atoms with Crippen LogP contribution in [-0.4, -0.2) is 24.5 Å². The third kappa shape index (κ3) is 4.79. The molecule has 0 unspecified atom stereocenters. The number of rotatable bonds is 5. The number of nitrogens with zero attached hydrogens (tertiary/aromatic N) is 1. The predicted molar refractivity (Wildman–Crippen MR) is 113 cm³/mol. The third-order valence-corrected chi connectivity index (χ3v) is 4.85. The quantitative estimate of drug-likeness (QED) is 0.357. The van der Waals surface area contributed by atoms with E-state index >= 15 is 0 Å². The van der Waals surface area contributed by atoms with E-state index in [4.69, 9.17) is 27.9 Å². The molecule has 32 heavy (non-hydrogen) atoms. The standard InChI is InChI=1S/C21H13Cl2F3N2O4/c1-2-7-32-17-6-3-11(9-15(17)23)8-13-18(29)27-20(31)28(19(13)30)16-10-12(21(24,25)26)4-5-14(16)22/h2-6,8-10H,1,7H2,(H,27,29,31)/b13-8-. The van der Waals surface area contributed by atoms with E-state index in [1.165, 1.54) is 24.3 Å². The summed E-state index contributed by atoms with van der Waals surface area (Å²) in [5, 5.41) is 1.81. The largest absolute Gasteiger partial charge is 0.488 e. The van der Waals surface area contributed by atoms with Crippen molar-refractivity contribution in [2.75, 3.05) is 11.5 Å². The first-order valence-corrected chi connectivity index (χ1v) is 9.60. The van der Waals surface area contributed by atoms with Gasteiger partial charge in [-0.15, -0.1) is 0 Å². The maximum atomic E-state index is 13.1. The van der Waals surface area contributed by atoms with E-state index in [1.807, 2.05) is 5.32 Å². The topological polar surface area (TPSA) is 75.7 Å². The SMILES string of the molecule is C=CCOc1ccc(/C=C2/C(=O)NC(=O)N(c3cc(C(F)(F)F)ccc3Cl)C2=O)cc1Cl. The van der Waals surface area contributed by atoms with Gasteiger partial charge in [-0.3, -0.25) is 14.9 Å². The summed E-state index contributed by atoms with van der Waals surface area (Å²) in [5.41, 5.74) is -1.84. The second kappa shape index (κ2) is 9.05. The number of ether oxygens (including phenoxy) is 1. The summed E-state index contributed by atoms with van der Waals surface area (Å²) < 4.78 is 44.6. The van der Waals surface area contributed by atoms with Crippen LogP contribution in [0.3, 0.4) is 0 Å². The van der Waals surface area contributed by atoms with E-state index in [0.29, 0.717) is 28.3 Å². The molecule has 2 aromatic rings. The lowest BCUT2D eigenvalue weighted by molar-refractivity contribution is -0.137. The molecule has 0 aliphatic carbocycles. The first-order chi connectivity index (χ1) is 15.0. The van der Waals surface area contributed by atoms with Gasteiger partial charge >= 0.3 is 12.2 Å². The van der Waals surface area contributed by atoms with Crippen molar-refractivity contribution >= 4 is 52.8 Å². The van der Waals surface area contributed by atoms with Crippen LogP contribution >= 0.6 is 23.2 Å². The lowest BCUT2D eigenvalue weighted by atomic mass is 10.1. The minimum Gasteiger partial charge on any atom is -0.488 e. The van der Waals surface area contributed by atoms with Crippen molar-refractivity contribution in [3.05, 3.63) is 75.8 Å². The van der Waals surface area contributed by atoms with Gasteiger partial charge in [-0.2, -0.15) is 13.2 Å². The van der Waals surface area contributed by atoms with Gasteiger partial charge in [0.05, 0.1) is 21.3 Å². The molecule has 3 rings (SSSR count). The normalized spacial score (nSPS) is 15.7. The van der Waals surface area contributed by atoms with Crippen LogP contribution in [0.25, 0.3) is 6.08 Å². The first-order valence-electron chi connectivity index (χ1n) is 8.84. The number of barbiturate groups is 1. The van der Waals surface area contributed by atoms with E-state index in [1.54, 1.807) is 0 Å². The predicted octanol–water partition coefficient (Wildman–Crippen LogP) is 5.24. The van der Waals surface area contributed by atoms with Crippen LogP contribution in [0.1, 0.15) is 11.1 Å². The van der Waals surface area contributed by atoms with Gasteiger partial charge in [0, 0.05) is 0 Å². The van der Waals surface area contributed by atoms with E-state index in [-0.39, 0.29) is 16.7 Å². The summed E-state index contributed by atoms with van der Waals surface area (Å²) in [7, 11) is 0. The van der Waals surface area contributed by atoms with Crippen molar-refractivity contribution < 1.29 is 32.3 Å². The molecule has 1 N–H and O–H groups in total. The lowest BCUT2D eigenvalue weighted by Crippen LogP contribution is -2.54. The molecule has 4 amide bonds. The Morgan fingerprint density at radius 2 is 1.78 bits per heavy atom. The highest BCUT2D eigenvalue weighted by Gasteiger charge is 2.39.